The number of hydrazine groups is 1. The van der Waals surface area contributed by atoms with Gasteiger partial charge in [0, 0.05) is 13.1 Å². The molecule has 19 heavy (non-hydrogen) atoms. The fourth-order valence-electron chi connectivity index (χ4n) is 2.12. The highest BCUT2D eigenvalue weighted by Crippen LogP contribution is 2.29. The molecule has 1 saturated heterocycles. The molecule has 2 atom stereocenters. The molecule has 104 valence electrons. The molecule has 1 aliphatic heterocycles. The number of nitrogens with zero attached hydrogens (tertiary/aromatic N) is 4. The molecule has 0 aliphatic carbocycles. The topological polar surface area (TPSA) is 130 Å². The number of nitrogen functional groups attached to an aromatic ring is 1. The molecule has 4 N–H and O–H groups in total. The summed E-state index contributed by atoms with van der Waals surface area (Å²) in [5.74, 6) is 5.60. The van der Waals surface area contributed by atoms with Crippen LogP contribution in [-0.2, 0) is 0 Å². The van der Waals surface area contributed by atoms with Crippen LogP contribution in [-0.4, -0.2) is 39.2 Å². The number of nitrogens with two attached hydrogens (primary N) is 1. The van der Waals surface area contributed by atoms with Gasteiger partial charge in [-0.1, -0.05) is 6.92 Å². The van der Waals surface area contributed by atoms with Crippen LogP contribution in [0, 0.1) is 16.0 Å². The van der Waals surface area contributed by atoms with Gasteiger partial charge >= 0.3 is 5.69 Å². The molecule has 2 heterocycles. The second-order valence-electron chi connectivity index (χ2n) is 4.58. The van der Waals surface area contributed by atoms with Crippen molar-refractivity contribution in [1.29, 1.82) is 0 Å². The molecule has 1 aromatic heterocycles. The number of piperidine rings is 1. The molecule has 0 aromatic carbocycles. The fourth-order valence-corrected chi connectivity index (χ4v) is 2.12. The monoisotopic (exact) mass is 268 g/mol. The van der Waals surface area contributed by atoms with Gasteiger partial charge in [0.05, 0.1) is 11.0 Å². The first-order chi connectivity index (χ1) is 9.02. The second kappa shape index (κ2) is 5.33. The number of nitro groups is 1. The smallest absolute Gasteiger partial charge is 0.329 e. The molecule has 1 aliphatic rings. The van der Waals surface area contributed by atoms with Crippen molar-refractivity contribution in [3.63, 3.8) is 0 Å². The number of aliphatic hydroxyl groups excluding tert-OH is 1. The number of hydrogen-bond donors (Lipinski definition) is 3. The van der Waals surface area contributed by atoms with Gasteiger partial charge in [-0.05, 0) is 12.3 Å². The zero-order valence-electron chi connectivity index (χ0n) is 10.5. The predicted molar refractivity (Wildman–Crippen MR) is 68.5 cm³/mol. The average Bonchev–Trinajstić information content (AvgIpc) is 2.41. The normalized spacial score (nSPS) is 23.2. The van der Waals surface area contributed by atoms with E-state index in [9.17, 15) is 15.2 Å². The maximum absolute atomic E-state index is 11.0. The van der Waals surface area contributed by atoms with Crippen LogP contribution in [0.4, 0.5) is 17.5 Å². The molecule has 0 radical (unpaired) electrons. The number of nitrogens with one attached hydrogen (secondary N) is 1. The first kappa shape index (κ1) is 13.4. The van der Waals surface area contributed by atoms with E-state index in [0.29, 0.717) is 19.5 Å². The van der Waals surface area contributed by atoms with Crippen LogP contribution in [0.1, 0.15) is 13.3 Å². The molecule has 2 rings (SSSR count). The van der Waals surface area contributed by atoms with Gasteiger partial charge in [-0.3, -0.25) is 15.5 Å². The fraction of sp³-hybridized carbons (Fsp3) is 0.600. The molecule has 0 spiro atoms. The lowest BCUT2D eigenvalue weighted by molar-refractivity contribution is -0.384. The summed E-state index contributed by atoms with van der Waals surface area (Å²) in [6, 6.07) is 0. The summed E-state index contributed by atoms with van der Waals surface area (Å²) in [5, 5.41) is 20.7. The standard InChI is InChI=1S/C10H16N6O3/c1-6-5-15(3-2-8(6)17)9-7(16(18)19)4-12-10(13-9)14-11/h4,6,8,17H,2-3,5,11H2,1H3,(H,12,13,14). The summed E-state index contributed by atoms with van der Waals surface area (Å²) in [7, 11) is 0. The molecular formula is C10H16N6O3. The van der Waals surface area contributed by atoms with Gasteiger partial charge in [0.25, 0.3) is 0 Å². The van der Waals surface area contributed by atoms with Crippen molar-refractivity contribution in [1.82, 2.24) is 9.97 Å². The van der Waals surface area contributed by atoms with Gasteiger partial charge in [0.2, 0.25) is 11.8 Å². The van der Waals surface area contributed by atoms with E-state index < -0.39 is 4.92 Å². The quantitative estimate of drug-likeness (QED) is 0.393. The Labute approximate surface area is 109 Å². The van der Waals surface area contributed by atoms with Crippen molar-refractivity contribution in [2.75, 3.05) is 23.4 Å². The summed E-state index contributed by atoms with van der Waals surface area (Å²) in [6.07, 6.45) is 1.30. The molecule has 1 fully saturated rings. The maximum atomic E-state index is 11.0. The molecule has 1 aromatic rings. The highest BCUT2D eigenvalue weighted by atomic mass is 16.6. The van der Waals surface area contributed by atoms with Gasteiger partial charge in [-0.25, -0.2) is 10.8 Å². The van der Waals surface area contributed by atoms with Gasteiger partial charge in [-0.15, -0.1) is 0 Å². The van der Waals surface area contributed by atoms with E-state index in [4.69, 9.17) is 5.84 Å². The van der Waals surface area contributed by atoms with E-state index in [-0.39, 0.29) is 29.5 Å². The maximum Gasteiger partial charge on any atom is 0.329 e. The van der Waals surface area contributed by atoms with E-state index in [2.05, 4.69) is 15.4 Å². The molecule has 9 heteroatoms. The highest BCUT2D eigenvalue weighted by Gasteiger charge is 2.30. The highest BCUT2D eigenvalue weighted by molar-refractivity contribution is 5.59. The van der Waals surface area contributed by atoms with Crippen molar-refractivity contribution < 1.29 is 10.0 Å². The summed E-state index contributed by atoms with van der Waals surface area (Å²) in [4.78, 5) is 20.1. The van der Waals surface area contributed by atoms with Gasteiger partial charge < -0.3 is 10.0 Å². The summed E-state index contributed by atoms with van der Waals surface area (Å²) >= 11 is 0. The van der Waals surface area contributed by atoms with Crippen molar-refractivity contribution in [3.8, 4) is 0 Å². The minimum absolute atomic E-state index is 0.0256. The third-order valence-corrected chi connectivity index (χ3v) is 3.24. The van der Waals surface area contributed by atoms with Crippen LogP contribution in [0.3, 0.4) is 0 Å². The Balaban J connectivity index is 2.34. The van der Waals surface area contributed by atoms with Crippen molar-refractivity contribution in [2.45, 2.75) is 19.4 Å². The lowest BCUT2D eigenvalue weighted by Gasteiger charge is -2.34. The molecular weight excluding hydrogens is 252 g/mol. The van der Waals surface area contributed by atoms with Crippen LogP contribution in [0.5, 0.6) is 0 Å². The first-order valence-electron chi connectivity index (χ1n) is 5.94. The minimum Gasteiger partial charge on any atom is -0.393 e. The van der Waals surface area contributed by atoms with E-state index in [1.165, 1.54) is 0 Å². The second-order valence-corrected chi connectivity index (χ2v) is 4.58. The Morgan fingerprint density at radius 1 is 1.68 bits per heavy atom. The molecule has 9 nitrogen and oxygen atoms in total. The van der Waals surface area contributed by atoms with Crippen LogP contribution in [0.2, 0.25) is 0 Å². The van der Waals surface area contributed by atoms with Crippen molar-refractivity contribution in [2.24, 2.45) is 11.8 Å². The predicted octanol–water partition coefficient (Wildman–Crippen LogP) is -0.123. The Hall–Kier alpha value is -2.00. The number of rotatable bonds is 3. The molecule has 0 amide bonds. The lowest BCUT2D eigenvalue weighted by Crippen LogP contribution is -2.42. The van der Waals surface area contributed by atoms with Crippen LogP contribution < -0.4 is 16.2 Å². The molecule has 2 unspecified atom stereocenters. The average molecular weight is 268 g/mol. The van der Waals surface area contributed by atoms with Crippen LogP contribution >= 0.6 is 0 Å². The largest absolute Gasteiger partial charge is 0.393 e. The van der Waals surface area contributed by atoms with Gasteiger partial charge in [-0.2, -0.15) is 4.98 Å². The van der Waals surface area contributed by atoms with Crippen molar-refractivity contribution >= 4 is 17.5 Å². The SMILES string of the molecule is CC1CN(c2nc(NN)ncc2[N+](=O)[O-])CCC1O. The minimum atomic E-state index is -0.522. The first-order valence-corrected chi connectivity index (χ1v) is 5.94. The van der Waals surface area contributed by atoms with Gasteiger partial charge in [0.15, 0.2) is 0 Å². The third-order valence-electron chi connectivity index (χ3n) is 3.24. The Morgan fingerprint density at radius 3 is 3.00 bits per heavy atom. The molecule has 0 saturated carbocycles. The Kier molecular flexibility index (Phi) is 3.76. The number of hydrogen-bond acceptors (Lipinski definition) is 8. The molecule has 0 bridgehead atoms. The zero-order chi connectivity index (χ0) is 14.0. The van der Waals surface area contributed by atoms with E-state index in [1.54, 1.807) is 4.90 Å². The summed E-state index contributed by atoms with van der Waals surface area (Å²) in [6.45, 7) is 2.91. The van der Waals surface area contributed by atoms with Gasteiger partial charge in [0.1, 0.15) is 6.20 Å². The summed E-state index contributed by atoms with van der Waals surface area (Å²) in [5.41, 5.74) is 2.11. The van der Waals surface area contributed by atoms with Crippen LogP contribution in [0.15, 0.2) is 6.20 Å². The number of aromatic nitrogens is 2. The summed E-state index contributed by atoms with van der Waals surface area (Å²) < 4.78 is 0. The van der Waals surface area contributed by atoms with Crippen molar-refractivity contribution in [3.05, 3.63) is 16.3 Å². The third kappa shape index (κ3) is 2.71. The lowest BCUT2D eigenvalue weighted by atomic mass is 9.97. The van der Waals surface area contributed by atoms with Crippen LogP contribution in [0.25, 0.3) is 0 Å². The van der Waals surface area contributed by atoms with E-state index >= 15 is 0 Å². The number of aliphatic hydroxyl groups is 1. The zero-order valence-corrected chi connectivity index (χ0v) is 10.5. The van der Waals surface area contributed by atoms with E-state index in [0.717, 1.165) is 6.20 Å². The number of anilines is 2. The Bertz CT molecular complexity index is 482. The Morgan fingerprint density at radius 2 is 2.42 bits per heavy atom. The van der Waals surface area contributed by atoms with E-state index in [1.807, 2.05) is 6.92 Å².